The molecule has 2 aliphatic heterocycles. The van der Waals surface area contributed by atoms with E-state index in [0.717, 1.165) is 52.0 Å². The lowest BCUT2D eigenvalue weighted by atomic mass is 10.0. The molecule has 0 unspecified atom stereocenters. The number of likely N-dealkylation sites (tertiary alicyclic amines) is 1. The Labute approximate surface area is 172 Å². The minimum Gasteiger partial charge on any atom is -0.381 e. The van der Waals surface area contributed by atoms with Crippen LogP contribution in [0.4, 0.5) is 0 Å². The van der Waals surface area contributed by atoms with Crippen molar-refractivity contribution in [3.63, 3.8) is 0 Å². The SMILES string of the molecule is Cc1nc(CCNC(=O)[C@@H]2CC[C@H](N)CN(C3CCOCC3)C2)no1.Cl.Cl. The summed E-state index contributed by atoms with van der Waals surface area (Å²) >= 11 is 0. The number of nitrogens with one attached hydrogen (secondary N) is 1. The number of amides is 1. The fraction of sp³-hybridized carbons (Fsp3) is 0.824. The van der Waals surface area contributed by atoms with E-state index in [1.165, 1.54) is 0 Å². The van der Waals surface area contributed by atoms with Gasteiger partial charge in [0.05, 0.1) is 5.92 Å². The van der Waals surface area contributed by atoms with Crippen LogP contribution in [0.3, 0.4) is 0 Å². The summed E-state index contributed by atoms with van der Waals surface area (Å²) in [6.07, 6.45) is 4.37. The van der Waals surface area contributed by atoms with E-state index in [4.69, 9.17) is 15.0 Å². The maximum absolute atomic E-state index is 12.6. The number of nitrogens with two attached hydrogens (primary N) is 1. The van der Waals surface area contributed by atoms with Crippen LogP contribution in [0.5, 0.6) is 0 Å². The first-order valence-electron chi connectivity index (χ1n) is 9.26. The zero-order valence-electron chi connectivity index (χ0n) is 15.8. The van der Waals surface area contributed by atoms with Gasteiger partial charge in [0.2, 0.25) is 11.8 Å². The predicted octanol–water partition coefficient (Wildman–Crippen LogP) is 1.10. The summed E-state index contributed by atoms with van der Waals surface area (Å²) in [7, 11) is 0. The summed E-state index contributed by atoms with van der Waals surface area (Å²) in [6.45, 7) is 5.54. The Hall–Kier alpha value is -0.930. The van der Waals surface area contributed by atoms with Crippen molar-refractivity contribution < 1.29 is 14.1 Å². The van der Waals surface area contributed by atoms with Crippen molar-refractivity contribution in [3.05, 3.63) is 11.7 Å². The number of hydrogen-bond donors (Lipinski definition) is 2. The zero-order valence-corrected chi connectivity index (χ0v) is 17.4. The van der Waals surface area contributed by atoms with E-state index in [-0.39, 0.29) is 42.7 Å². The second-order valence-electron chi connectivity index (χ2n) is 7.10. The van der Waals surface area contributed by atoms with Gasteiger partial charge < -0.3 is 20.3 Å². The second-order valence-corrected chi connectivity index (χ2v) is 7.10. The van der Waals surface area contributed by atoms with E-state index in [1.54, 1.807) is 6.92 Å². The van der Waals surface area contributed by atoms with Crippen LogP contribution in [-0.2, 0) is 16.0 Å². The summed E-state index contributed by atoms with van der Waals surface area (Å²) in [5, 5.41) is 6.87. The van der Waals surface area contributed by atoms with Crippen molar-refractivity contribution in [1.29, 1.82) is 0 Å². The molecule has 10 heteroatoms. The Kier molecular flexibility index (Phi) is 10.5. The summed E-state index contributed by atoms with van der Waals surface area (Å²) in [5.41, 5.74) is 6.24. The molecule has 156 valence electrons. The average molecular weight is 424 g/mol. The van der Waals surface area contributed by atoms with E-state index >= 15 is 0 Å². The third-order valence-corrected chi connectivity index (χ3v) is 5.11. The first kappa shape index (κ1) is 24.1. The van der Waals surface area contributed by atoms with Gasteiger partial charge in [-0.25, -0.2) is 0 Å². The molecule has 3 heterocycles. The summed E-state index contributed by atoms with van der Waals surface area (Å²) < 4.78 is 10.4. The molecule has 8 nitrogen and oxygen atoms in total. The quantitative estimate of drug-likeness (QED) is 0.729. The molecule has 1 aromatic heterocycles. The third kappa shape index (κ3) is 7.19. The lowest BCUT2D eigenvalue weighted by molar-refractivity contribution is -0.125. The minimum absolute atomic E-state index is 0. The number of carbonyl (C=O) groups is 1. The molecule has 3 N–H and O–H groups in total. The highest BCUT2D eigenvalue weighted by molar-refractivity contribution is 5.85. The number of aromatic nitrogens is 2. The fourth-order valence-electron chi connectivity index (χ4n) is 3.70. The maximum Gasteiger partial charge on any atom is 0.224 e. The molecule has 1 aromatic rings. The van der Waals surface area contributed by atoms with E-state index in [9.17, 15) is 4.79 Å². The van der Waals surface area contributed by atoms with Gasteiger partial charge in [0.15, 0.2) is 5.82 Å². The average Bonchev–Trinajstić information content (AvgIpc) is 2.92. The van der Waals surface area contributed by atoms with E-state index in [1.807, 2.05) is 0 Å². The monoisotopic (exact) mass is 423 g/mol. The first-order chi connectivity index (χ1) is 12.1. The number of hydrogen-bond acceptors (Lipinski definition) is 7. The molecular weight excluding hydrogens is 393 g/mol. The van der Waals surface area contributed by atoms with Crippen LogP contribution >= 0.6 is 24.8 Å². The van der Waals surface area contributed by atoms with Crippen LogP contribution in [0.1, 0.15) is 37.4 Å². The Morgan fingerprint density at radius 1 is 1.22 bits per heavy atom. The molecule has 27 heavy (non-hydrogen) atoms. The van der Waals surface area contributed by atoms with Crippen LogP contribution in [-0.4, -0.2) is 65.9 Å². The second kappa shape index (κ2) is 11.8. The van der Waals surface area contributed by atoms with Crippen molar-refractivity contribution in [2.24, 2.45) is 11.7 Å². The van der Waals surface area contributed by atoms with E-state index in [0.29, 0.717) is 30.7 Å². The van der Waals surface area contributed by atoms with Crippen LogP contribution in [0.2, 0.25) is 0 Å². The van der Waals surface area contributed by atoms with Crippen molar-refractivity contribution >= 4 is 30.7 Å². The minimum atomic E-state index is -0.0107. The summed E-state index contributed by atoms with van der Waals surface area (Å²) in [4.78, 5) is 19.2. The van der Waals surface area contributed by atoms with Gasteiger partial charge in [0.25, 0.3) is 0 Å². The normalized spacial score (nSPS) is 24.4. The van der Waals surface area contributed by atoms with Gasteiger partial charge in [-0.15, -0.1) is 24.8 Å². The molecule has 0 bridgehead atoms. The van der Waals surface area contributed by atoms with Gasteiger partial charge in [-0.05, 0) is 25.7 Å². The van der Waals surface area contributed by atoms with Crippen molar-refractivity contribution in [3.8, 4) is 0 Å². The van der Waals surface area contributed by atoms with Crippen molar-refractivity contribution in [2.45, 2.75) is 51.1 Å². The molecular formula is C17H31Cl2N5O3. The molecule has 3 rings (SSSR count). The number of halogens is 2. The van der Waals surface area contributed by atoms with Crippen LogP contribution in [0, 0.1) is 12.8 Å². The van der Waals surface area contributed by atoms with Crippen molar-refractivity contribution in [2.75, 3.05) is 32.8 Å². The summed E-state index contributed by atoms with van der Waals surface area (Å²) in [6, 6.07) is 0.624. The number of carbonyl (C=O) groups excluding carboxylic acids is 1. The van der Waals surface area contributed by atoms with Crippen LogP contribution in [0.15, 0.2) is 4.52 Å². The number of aryl methyl sites for hydroxylation is 1. The predicted molar refractivity (Wildman–Crippen MR) is 106 cm³/mol. The lowest BCUT2D eigenvalue weighted by Crippen LogP contribution is -2.47. The van der Waals surface area contributed by atoms with Gasteiger partial charge in [0.1, 0.15) is 0 Å². The molecule has 2 saturated heterocycles. The molecule has 2 aliphatic rings. The largest absolute Gasteiger partial charge is 0.381 e. The van der Waals surface area contributed by atoms with E-state index in [2.05, 4.69) is 20.4 Å². The highest BCUT2D eigenvalue weighted by Gasteiger charge is 2.31. The van der Waals surface area contributed by atoms with Gasteiger partial charge in [0, 0.05) is 58.3 Å². The molecule has 0 saturated carbocycles. The van der Waals surface area contributed by atoms with E-state index < -0.39 is 0 Å². The Bertz CT molecular complexity index is 569. The number of ether oxygens (including phenoxy) is 1. The highest BCUT2D eigenvalue weighted by Crippen LogP contribution is 2.22. The summed E-state index contributed by atoms with van der Waals surface area (Å²) in [5.74, 6) is 1.27. The Balaban J connectivity index is 0.00000182. The Morgan fingerprint density at radius 3 is 2.63 bits per heavy atom. The Morgan fingerprint density at radius 2 is 1.96 bits per heavy atom. The molecule has 2 fully saturated rings. The third-order valence-electron chi connectivity index (χ3n) is 5.11. The van der Waals surface area contributed by atoms with Crippen LogP contribution < -0.4 is 11.1 Å². The molecule has 0 aliphatic carbocycles. The highest BCUT2D eigenvalue weighted by atomic mass is 35.5. The molecule has 2 atom stereocenters. The van der Waals surface area contributed by atoms with Gasteiger partial charge in [-0.1, -0.05) is 5.16 Å². The maximum atomic E-state index is 12.6. The number of rotatable bonds is 5. The zero-order chi connectivity index (χ0) is 17.6. The molecule has 1 amide bonds. The topological polar surface area (TPSA) is 107 Å². The first-order valence-corrected chi connectivity index (χ1v) is 9.26. The number of nitrogens with zero attached hydrogens (tertiary/aromatic N) is 3. The van der Waals surface area contributed by atoms with Gasteiger partial charge >= 0.3 is 0 Å². The fourth-order valence-corrected chi connectivity index (χ4v) is 3.70. The van der Waals surface area contributed by atoms with Gasteiger partial charge in [-0.3, -0.25) is 9.69 Å². The van der Waals surface area contributed by atoms with Crippen LogP contribution in [0.25, 0.3) is 0 Å². The van der Waals surface area contributed by atoms with Crippen molar-refractivity contribution in [1.82, 2.24) is 20.4 Å². The molecule has 0 radical (unpaired) electrons. The standard InChI is InChI=1S/C17H29N5O3.2ClH/c1-12-20-16(21-25-12)4-7-19-17(23)13-2-3-14(18)11-22(10-13)15-5-8-24-9-6-15;;/h13-15H,2-11,18H2,1H3,(H,19,23);2*1H/t13-,14+;;/m1../s1. The lowest BCUT2D eigenvalue weighted by Gasteiger charge is -2.35. The molecule has 0 spiro atoms. The van der Waals surface area contributed by atoms with Gasteiger partial charge in [-0.2, -0.15) is 4.98 Å². The molecule has 0 aromatic carbocycles. The smallest absolute Gasteiger partial charge is 0.224 e.